The summed E-state index contributed by atoms with van der Waals surface area (Å²) in [6.07, 6.45) is 16.9. The van der Waals surface area contributed by atoms with Gasteiger partial charge in [-0.2, -0.15) is 0 Å². The van der Waals surface area contributed by atoms with E-state index in [2.05, 4.69) is 172 Å². The molecule has 0 saturated carbocycles. The highest BCUT2D eigenvalue weighted by Gasteiger charge is 2.35. The van der Waals surface area contributed by atoms with Crippen LogP contribution in [-0.4, -0.2) is 21.8 Å². The Labute approximate surface area is 311 Å². The summed E-state index contributed by atoms with van der Waals surface area (Å²) in [6.45, 7) is 6.26. The first-order valence-electron chi connectivity index (χ1n) is 18.9. The van der Waals surface area contributed by atoms with Gasteiger partial charge in [-0.3, -0.25) is 9.98 Å². The molecule has 2 aromatic heterocycles. The van der Waals surface area contributed by atoms with E-state index in [0.717, 1.165) is 18.5 Å². The summed E-state index contributed by atoms with van der Waals surface area (Å²) in [5.41, 5.74) is 15.9. The molecule has 5 aromatic carbocycles. The van der Waals surface area contributed by atoms with Gasteiger partial charge in [-0.25, -0.2) is 0 Å². The van der Waals surface area contributed by atoms with Crippen molar-refractivity contribution in [2.24, 2.45) is 10.9 Å². The van der Waals surface area contributed by atoms with Crippen molar-refractivity contribution in [3.63, 3.8) is 0 Å². The molecular formula is C49H42N4. The van der Waals surface area contributed by atoms with E-state index < -0.39 is 0 Å². The monoisotopic (exact) mass is 686 g/mol. The van der Waals surface area contributed by atoms with Gasteiger partial charge in [0.25, 0.3) is 0 Å². The molecule has 2 aliphatic heterocycles. The van der Waals surface area contributed by atoms with Crippen molar-refractivity contribution in [3.05, 3.63) is 169 Å². The highest BCUT2D eigenvalue weighted by molar-refractivity contribution is 6.10. The molecule has 258 valence electrons. The largest absolute Gasteiger partial charge is 0.333 e. The molecule has 0 spiro atoms. The topological polar surface area (TPSA) is 33.4 Å². The lowest BCUT2D eigenvalue weighted by atomic mass is 9.93. The van der Waals surface area contributed by atoms with Gasteiger partial charge in [0.1, 0.15) is 0 Å². The molecule has 0 fully saturated rings. The second-order valence-electron chi connectivity index (χ2n) is 13.9. The number of aliphatic imine (C=N–C) groups is 1. The summed E-state index contributed by atoms with van der Waals surface area (Å²) in [7, 11) is 0. The van der Waals surface area contributed by atoms with Crippen molar-refractivity contribution in [2.45, 2.75) is 39.7 Å². The standard InChI is InChI=1S/C47H36N4.C2H6/c1-31-7-9-35(10-8-31)37-16-22-45-41(28-37)43-30-49-26-24-47(43)51(45)39-19-13-34(14-20-39)33-11-17-38(18-12-33)50-44-21-15-36(32-5-3-2-4-6-32)27-40(44)42-29-48-25-23-46(42)50;1-2/h2-7,9-22,24-31,46H,8,23H2,1H3;1-2H3. The third kappa shape index (κ3) is 5.72. The van der Waals surface area contributed by atoms with Crippen molar-refractivity contribution >= 4 is 50.5 Å². The molecule has 0 saturated heterocycles. The minimum Gasteiger partial charge on any atom is -0.333 e. The van der Waals surface area contributed by atoms with Crippen LogP contribution in [0, 0.1) is 5.92 Å². The maximum Gasteiger partial charge on any atom is 0.0662 e. The Balaban J connectivity index is 0.00000183. The van der Waals surface area contributed by atoms with E-state index in [1.165, 1.54) is 77.7 Å². The highest BCUT2D eigenvalue weighted by atomic mass is 15.2. The Morgan fingerprint density at radius 2 is 1.34 bits per heavy atom. The molecule has 3 aliphatic rings. The van der Waals surface area contributed by atoms with E-state index in [0.29, 0.717) is 5.92 Å². The number of fused-ring (bicyclic) bond motifs is 6. The SMILES string of the molecule is CC.CC1C=CC(c2ccc3c(c2)c2cnccc2n3-c2ccc(-c3ccc(N4c5ccc(-c6ccccc6)cc5C5=CN=CCC54)cc3)cc2)=CC1. The quantitative estimate of drug-likeness (QED) is 0.181. The van der Waals surface area contributed by atoms with Crippen LogP contribution < -0.4 is 4.90 Å². The molecule has 2 atom stereocenters. The predicted octanol–water partition coefficient (Wildman–Crippen LogP) is 12.9. The first-order chi connectivity index (χ1) is 26.2. The van der Waals surface area contributed by atoms with E-state index >= 15 is 0 Å². The normalized spacial score (nSPS) is 17.2. The van der Waals surface area contributed by atoms with E-state index in [-0.39, 0.29) is 6.04 Å². The lowest BCUT2D eigenvalue weighted by molar-refractivity contribution is 0.739. The molecular weight excluding hydrogens is 645 g/mol. The van der Waals surface area contributed by atoms with E-state index in [9.17, 15) is 0 Å². The molecule has 10 rings (SSSR count). The second-order valence-corrected chi connectivity index (χ2v) is 13.9. The Hall–Kier alpha value is -6.26. The van der Waals surface area contributed by atoms with Gasteiger partial charge in [0.2, 0.25) is 0 Å². The first-order valence-corrected chi connectivity index (χ1v) is 18.9. The minimum absolute atomic E-state index is 0.241. The molecule has 0 radical (unpaired) electrons. The summed E-state index contributed by atoms with van der Waals surface area (Å²) in [6, 6.07) is 44.7. The molecule has 0 N–H and O–H groups in total. The maximum atomic E-state index is 4.56. The Morgan fingerprint density at radius 3 is 2.09 bits per heavy atom. The summed E-state index contributed by atoms with van der Waals surface area (Å²) < 4.78 is 2.36. The molecule has 53 heavy (non-hydrogen) atoms. The van der Waals surface area contributed by atoms with Crippen molar-refractivity contribution in [1.29, 1.82) is 0 Å². The van der Waals surface area contributed by atoms with Gasteiger partial charge in [0, 0.05) is 70.2 Å². The number of anilines is 2. The summed E-state index contributed by atoms with van der Waals surface area (Å²) in [5, 5.41) is 2.40. The molecule has 7 aromatic rings. The van der Waals surface area contributed by atoms with Gasteiger partial charge < -0.3 is 9.47 Å². The molecule has 0 amide bonds. The van der Waals surface area contributed by atoms with Crippen LogP contribution >= 0.6 is 0 Å². The average Bonchev–Trinajstić information content (AvgIpc) is 3.74. The number of benzene rings is 5. The van der Waals surface area contributed by atoms with Gasteiger partial charge in [-0.05, 0) is 100 Å². The fourth-order valence-electron chi connectivity index (χ4n) is 8.16. The zero-order chi connectivity index (χ0) is 35.9. The first kappa shape index (κ1) is 32.6. The molecule has 4 heteroatoms. The molecule has 0 bridgehead atoms. The third-order valence-corrected chi connectivity index (χ3v) is 10.8. The maximum absolute atomic E-state index is 4.56. The fraction of sp³-hybridized carbons (Fsp3) is 0.143. The van der Waals surface area contributed by atoms with Crippen molar-refractivity contribution in [1.82, 2.24) is 9.55 Å². The minimum atomic E-state index is 0.241. The van der Waals surface area contributed by atoms with Crippen molar-refractivity contribution in [3.8, 4) is 27.9 Å². The number of aromatic nitrogens is 2. The number of allylic oxidation sites excluding steroid dienone is 4. The number of hydrogen-bond acceptors (Lipinski definition) is 3. The number of rotatable bonds is 5. The predicted molar refractivity (Wildman–Crippen MR) is 225 cm³/mol. The average molecular weight is 687 g/mol. The molecule has 1 aliphatic carbocycles. The highest BCUT2D eigenvalue weighted by Crippen LogP contribution is 2.48. The van der Waals surface area contributed by atoms with Gasteiger partial charge >= 0.3 is 0 Å². The summed E-state index contributed by atoms with van der Waals surface area (Å²) in [5.74, 6) is 0.596. The van der Waals surface area contributed by atoms with Crippen LogP contribution in [0.2, 0.25) is 0 Å². The summed E-state index contributed by atoms with van der Waals surface area (Å²) in [4.78, 5) is 11.6. The number of pyridine rings is 1. The molecule has 4 nitrogen and oxygen atoms in total. The van der Waals surface area contributed by atoms with Crippen molar-refractivity contribution < 1.29 is 0 Å². The number of hydrogen-bond donors (Lipinski definition) is 0. The lowest BCUT2D eigenvalue weighted by Gasteiger charge is -2.28. The Kier molecular flexibility index (Phi) is 8.44. The van der Waals surface area contributed by atoms with Gasteiger partial charge in [0.05, 0.1) is 17.1 Å². The smallest absolute Gasteiger partial charge is 0.0662 e. The van der Waals surface area contributed by atoms with Crippen LogP contribution in [-0.2, 0) is 0 Å². The second kappa shape index (κ2) is 13.7. The number of nitrogens with zero attached hydrogens (tertiary/aromatic N) is 4. The Bertz CT molecular complexity index is 2580. The van der Waals surface area contributed by atoms with Crippen LogP contribution in [0.3, 0.4) is 0 Å². The van der Waals surface area contributed by atoms with Gasteiger partial charge in [0.15, 0.2) is 0 Å². The fourth-order valence-corrected chi connectivity index (χ4v) is 8.16. The summed E-state index contributed by atoms with van der Waals surface area (Å²) >= 11 is 0. The van der Waals surface area contributed by atoms with Crippen LogP contribution in [0.25, 0.3) is 60.9 Å². The van der Waals surface area contributed by atoms with Crippen LogP contribution in [0.5, 0.6) is 0 Å². The van der Waals surface area contributed by atoms with E-state index in [4.69, 9.17) is 0 Å². The molecule has 4 heterocycles. The third-order valence-electron chi connectivity index (χ3n) is 10.8. The lowest BCUT2D eigenvalue weighted by Crippen LogP contribution is -2.28. The zero-order valence-corrected chi connectivity index (χ0v) is 30.4. The van der Waals surface area contributed by atoms with E-state index in [1.54, 1.807) is 0 Å². The van der Waals surface area contributed by atoms with Gasteiger partial charge in [-0.1, -0.05) is 106 Å². The van der Waals surface area contributed by atoms with Crippen LogP contribution in [0.15, 0.2) is 163 Å². The van der Waals surface area contributed by atoms with Crippen LogP contribution in [0.1, 0.15) is 44.7 Å². The Morgan fingerprint density at radius 1 is 0.642 bits per heavy atom. The zero-order valence-electron chi connectivity index (χ0n) is 30.4. The van der Waals surface area contributed by atoms with Gasteiger partial charge in [-0.15, -0.1) is 0 Å². The van der Waals surface area contributed by atoms with Crippen molar-refractivity contribution in [2.75, 3.05) is 4.90 Å². The van der Waals surface area contributed by atoms with E-state index in [1.807, 2.05) is 32.5 Å². The molecule has 2 unspecified atom stereocenters. The van der Waals surface area contributed by atoms with Crippen LogP contribution in [0.4, 0.5) is 11.4 Å².